The number of nitriles is 1. The molecule has 2 aliphatic rings. The predicted molar refractivity (Wildman–Crippen MR) is 190 cm³/mol. The van der Waals surface area contributed by atoms with E-state index in [9.17, 15) is 14.8 Å². The molecular formula is C36H39Cl2FN8O. The molecule has 0 spiro atoms. The van der Waals surface area contributed by atoms with Gasteiger partial charge in [0, 0.05) is 60.9 Å². The molecule has 0 radical (unpaired) electrons. The van der Waals surface area contributed by atoms with Crippen LogP contribution in [0.3, 0.4) is 0 Å². The van der Waals surface area contributed by atoms with Gasteiger partial charge in [0.1, 0.15) is 11.9 Å². The number of halogens is 3. The maximum absolute atomic E-state index is 13.9. The van der Waals surface area contributed by atoms with Crippen molar-refractivity contribution in [2.24, 2.45) is 0 Å². The van der Waals surface area contributed by atoms with Gasteiger partial charge in [-0.3, -0.25) is 19.9 Å². The number of fused-ring (bicyclic) bond motifs is 1. The Kier molecular flexibility index (Phi) is 9.70. The Bertz CT molecular complexity index is 1900. The van der Waals surface area contributed by atoms with Crippen molar-refractivity contribution >= 4 is 51.2 Å². The first-order valence-electron chi connectivity index (χ1n) is 15.9. The highest BCUT2D eigenvalue weighted by Crippen LogP contribution is 2.38. The second kappa shape index (κ2) is 13.8. The third kappa shape index (κ3) is 7.02. The zero-order valence-corrected chi connectivity index (χ0v) is 28.9. The van der Waals surface area contributed by atoms with E-state index in [0.717, 1.165) is 42.8 Å². The quantitative estimate of drug-likeness (QED) is 0.148. The number of nitrogens with one attached hydrogen (secondary N) is 3. The summed E-state index contributed by atoms with van der Waals surface area (Å²) in [5.41, 5.74) is 8.86. The third-order valence-electron chi connectivity index (χ3n) is 9.04. The third-order valence-corrected chi connectivity index (χ3v) is 9.62. The number of likely N-dealkylation sites (tertiary alicyclic amines) is 1. The zero-order chi connectivity index (χ0) is 34.2. The minimum Gasteiger partial charge on any atom is -0.392 e. The average molecular weight is 690 g/mol. The van der Waals surface area contributed by atoms with E-state index in [4.69, 9.17) is 23.2 Å². The van der Waals surface area contributed by atoms with Crippen LogP contribution in [-0.4, -0.2) is 56.7 Å². The predicted octanol–water partition coefficient (Wildman–Crippen LogP) is 7.71. The Morgan fingerprint density at radius 2 is 1.83 bits per heavy atom. The van der Waals surface area contributed by atoms with E-state index in [1.807, 2.05) is 48.5 Å². The van der Waals surface area contributed by atoms with Crippen LogP contribution in [0.2, 0.25) is 10.0 Å². The topological polar surface area (TPSA) is 103 Å². The summed E-state index contributed by atoms with van der Waals surface area (Å²) < 4.78 is 13.9. The minimum absolute atomic E-state index is 0.0402. The Morgan fingerprint density at radius 1 is 1.08 bits per heavy atom. The van der Waals surface area contributed by atoms with Gasteiger partial charge in [0.15, 0.2) is 0 Å². The summed E-state index contributed by atoms with van der Waals surface area (Å²) in [7, 11) is 1.99. The molecule has 48 heavy (non-hydrogen) atoms. The molecule has 3 aromatic carbocycles. The molecule has 6 rings (SSSR count). The van der Waals surface area contributed by atoms with Crippen molar-refractivity contribution in [1.29, 1.82) is 5.26 Å². The van der Waals surface area contributed by atoms with E-state index < -0.39 is 5.82 Å². The molecule has 1 saturated heterocycles. The maximum Gasteiger partial charge on any atom is 0.141 e. The van der Waals surface area contributed by atoms with Gasteiger partial charge in [-0.15, -0.1) is 5.53 Å². The first-order chi connectivity index (χ1) is 22.9. The van der Waals surface area contributed by atoms with Crippen molar-refractivity contribution in [3.8, 4) is 6.07 Å². The number of hydrogen-bond acceptors (Lipinski definition) is 9. The first kappa shape index (κ1) is 33.8. The van der Waals surface area contributed by atoms with Gasteiger partial charge >= 0.3 is 0 Å². The van der Waals surface area contributed by atoms with E-state index in [2.05, 4.69) is 64.1 Å². The fourth-order valence-corrected chi connectivity index (χ4v) is 6.85. The van der Waals surface area contributed by atoms with Crippen LogP contribution in [0.5, 0.6) is 0 Å². The van der Waals surface area contributed by atoms with E-state index in [0.29, 0.717) is 44.6 Å². The largest absolute Gasteiger partial charge is 0.392 e. The van der Waals surface area contributed by atoms with Crippen LogP contribution >= 0.6 is 23.2 Å². The summed E-state index contributed by atoms with van der Waals surface area (Å²) in [6, 6.07) is 18.0. The number of piperidine rings is 1. The number of aliphatic hydroxyl groups excluding tert-OH is 1. The fourth-order valence-electron chi connectivity index (χ4n) is 6.41. The Balaban J connectivity index is 1.38. The molecule has 0 bridgehead atoms. The van der Waals surface area contributed by atoms with Crippen molar-refractivity contribution in [2.45, 2.75) is 57.8 Å². The number of aliphatic hydroxyl groups is 1. The molecule has 4 N–H and O–H groups in total. The second-order valence-electron chi connectivity index (χ2n) is 13.3. The molecular weight excluding hydrogens is 650 g/mol. The van der Waals surface area contributed by atoms with Crippen molar-refractivity contribution < 1.29 is 9.50 Å². The molecule has 0 saturated carbocycles. The normalized spacial score (nSPS) is 16.6. The van der Waals surface area contributed by atoms with E-state index in [1.165, 1.54) is 18.3 Å². The molecule has 0 unspecified atom stereocenters. The number of rotatable bonds is 8. The SMILES string of the molecule is CN1NN(C2CCN(C(C)(C)C)CC2)C=C1[C@@H](Nc1cc(Cl)c2ncc(C#N)c(Nc3ccc(F)c(Cl)c3)c2c1)c1cccc(CO)c1. The summed E-state index contributed by atoms with van der Waals surface area (Å²) in [6.45, 7) is 8.74. The van der Waals surface area contributed by atoms with Crippen LogP contribution in [0.1, 0.15) is 56.3 Å². The lowest BCUT2D eigenvalue weighted by atomic mass is 9.97. The Morgan fingerprint density at radius 3 is 2.52 bits per heavy atom. The summed E-state index contributed by atoms with van der Waals surface area (Å²) >= 11 is 12.9. The maximum atomic E-state index is 13.9. The molecule has 2 aliphatic heterocycles. The minimum atomic E-state index is -0.539. The number of aromatic nitrogens is 1. The van der Waals surface area contributed by atoms with Gasteiger partial charge < -0.3 is 15.7 Å². The van der Waals surface area contributed by atoms with Gasteiger partial charge in [-0.1, -0.05) is 47.5 Å². The molecule has 4 aromatic rings. The van der Waals surface area contributed by atoms with Crippen LogP contribution in [0, 0.1) is 17.1 Å². The molecule has 1 fully saturated rings. The highest BCUT2D eigenvalue weighted by atomic mass is 35.5. The molecule has 1 aromatic heterocycles. The van der Waals surface area contributed by atoms with E-state index in [-0.39, 0.29) is 23.2 Å². The molecule has 250 valence electrons. The van der Waals surface area contributed by atoms with Crippen LogP contribution in [0.25, 0.3) is 10.9 Å². The number of hydrazine groups is 2. The second-order valence-corrected chi connectivity index (χ2v) is 14.1. The first-order valence-corrected chi connectivity index (χ1v) is 16.7. The molecule has 12 heteroatoms. The summed E-state index contributed by atoms with van der Waals surface area (Å²) in [6.07, 6.45) is 5.68. The van der Waals surface area contributed by atoms with Gasteiger partial charge in [-0.2, -0.15) is 5.26 Å². The lowest BCUT2D eigenvalue weighted by molar-refractivity contribution is 0.0356. The highest BCUT2D eigenvalue weighted by molar-refractivity contribution is 6.36. The monoisotopic (exact) mass is 688 g/mol. The summed E-state index contributed by atoms with van der Waals surface area (Å²) in [4.78, 5) is 7.01. The van der Waals surface area contributed by atoms with Gasteiger partial charge in [0.2, 0.25) is 0 Å². The molecule has 9 nitrogen and oxygen atoms in total. The zero-order valence-electron chi connectivity index (χ0n) is 27.4. The van der Waals surface area contributed by atoms with Gasteiger partial charge in [-0.05, 0) is 75.1 Å². The Hall–Kier alpha value is -4.11. The van der Waals surface area contributed by atoms with Gasteiger partial charge in [-0.25, -0.2) is 4.39 Å². The molecule has 3 heterocycles. The lowest BCUT2D eigenvalue weighted by Gasteiger charge is -2.43. The highest BCUT2D eigenvalue weighted by Gasteiger charge is 2.34. The molecule has 0 aliphatic carbocycles. The van der Waals surface area contributed by atoms with E-state index >= 15 is 0 Å². The fraction of sp³-hybridized carbons (Fsp3) is 0.333. The van der Waals surface area contributed by atoms with Crippen molar-refractivity contribution in [3.05, 3.63) is 105 Å². The van der Waals surface area contributed by atoms with Crippen LogP contribution in [0.4, 0.5) is 21.5 Å². The van der Waals surface area contributed by atoms with Gasteiger partial charge in [0.05, 0.1) is 45.2 Å². The number of likely N-dealkylation sites (N-methyl/N-ethyl adjacent to an activating group) is 1. The number of benzene rings is 3. The van der Waals surface area contributed by atoms with E-state index in [1.54, 1.807) is 6.07 Å². The number of hydrogen-bond donors (Lipinski definition) is 4. The van der Waals surface area contributed by atoms with Gasteiger partial charge in [0.25, 0.3) is 0 Å². The van der Waals surface area contributed by atoms with Crippen molar-refractivity contribution in [1.82, 2.24) is 25.4 Å². The number of anilines is 3. The molecule has 0 amide bonds. The average Bonchev–Trinajstić information content (AvgIpc) is 3.46. The molecule has 1 atom stereocenters. The van der Waals surface area contributed by atoms with Crippen molar-refractivity contribution in [2.75, 3.05) is 30.8 Å². The number of nitrogens with zero attached hydrogens (tertiary/aromatic N) is 5. The van der Waals surface area contributed by atoms with Crippen LogP contribution in [0.15, 0.2) is 72.7 Å². The standard InChI is InChI=1S/C36H39Cl2FN8O/c1-36(2,3)46-12-10-27(11-13-46)47-20-32(45(4)44-47)34(23-7-5-6-22(14-23)21-48)43-26-15-28-33(42-25-8-9-31(39)29(37)16-25)24(18-40)19-41-35(28)30(38)17-26/h5-9,14-17,19-20,27,34,43-44,48H,10-13,21H2,1-4H3,(H,41,42)/t34-/m0/s1. The number of pyridine rings is 1. The lowest BCUT2D eigenvalue weighted by Crippen LogP contribution is -2.52. The van der Waals surface area contributed by atoms with Crippen LogP contribution in [-0.2, 0) is 6.61 Å². The summed E-state index contributed by atoms with van der Waals surface area (Å²) in [5, 5.41) is 32.1. The Labute approximate surface area is 290 Å². The van der Waals surface area contributed by atoms with Crippen LogP contribution < -0.4 is 16.2 Å². The van der Waals surface area contributed by atoms with Crippen molar-refractivity contribution in [3.63, 3.8) is 0 Å². The summed E-state index contributed by atoms with van der Waals surface area (Å²) in [5.74, 6) is -0.539. The smallest absolute Gasteiger partial charge is 0.141 e.